The summed E-state index contributed by atoms with van der Waals surface area (Å²) in [7, 11) is 0. The van der Waals surface area contributed by atoms with E-state index in [9.17, 15) is 30.2 Å². The maximum atomic E-state index is 12.4. The Kier molecular flexibility index (Phi) is 6.40. The second-order valence-corrected chi connectivity index (χ2v) is 7.19. The van der Waals surface area contributed by atoms with Gasteiger partial charge in [0.15, 0.2) is 0 Å². The van der Waals surface area contributed by atoms with Gasteiger partial charge >= 0.3 is 5.97 Å². The van der Waals surface area contributed by atoms with E-state index in [-0.39, 0.29) is 45.6 Å². The Morgan fingerprint density at radius 2 is 1.97 bits per heavy atom. The van der Waals surface area contributed by atoms with Gasteiger partial charge in [0.2, 0.25) is 0 Å². The fraction of sp³-hybridized carbons (Fsp3) is 0.333. The van der Waals surface area contributed by atoms with E-state index in [2.05, 4.69) is 4.98 Å². The van der Waals surface area contributed by atoms with Gasteiger partial charge in [0.1, 0.15) is 29.1 Å². The first kappa shape index (κ1) is 22.3. The molecule has 164 valence electrons. The number of nitro groups is 1. The predicted molar refractivity (Wildman–Crippen MR) is 115 cm³/mol. The molecule has 2 aromatic rings. The van der Waals surface area contributed by atoms with Crippen molar-refractivity contribution in [3.63, 3.8) is 0 Å². The number of anilines is 2. The number of nitrogens with two attached hydrogens (primary N) is 1. The summed E-state index contributed by atoms with van der Waals surface area (Å²) in [6.45, 7) is 2.92. The van der Waals surface area contributed by atoms with Crippen molar-refractivity contribution in [2.24, 2.45) is 5.92 Å². The standard InChI is InChI=1S/C21H20N6O5/c1-2-32-21(29)12-5-7-26(8-6-12)17-4-3-13(27(30)31)9-14(17)18-15(10-22)19(24)25-20(28)16(18)11-23/h3-4,9,12H,2,5-8H2,1H3,(H3,24,25,28). The summed E-state index contributed by atoms with van der Waals surface area (Å²) >= 11 is 0. The minimum atomic E-state index is -0.794. The maximum absolute atomic E-state index is 12.4. The van der Waals surface area contributed by atoms with Gasteiger partial charge in [-0.15, -0.1) is 0 Å². The molecule has 1 aromatic carbocycles. The molecule has 2 heterocycles. The molecule has 0 spiro atoms. The number of benzene rings is 1. The zero-order chi connectivity index (χ0) is 23.4. The highest BCUT2D eigenvalue weighted by molar-refractivity contribution is 5.89. The molecule has 0 saturated carbocycles. The lowest BCUT2D eigenvalue weighted by Crippen LogP contribution is -2.37. The van der Waals surface area contributed by atoms with Crippen LogP contribution in [0.4, 0.5) is 17.2 Å². The van der Waals surface area contributed by atoms with Gasteiger partial charge in [-0.05, 0) is 25.8 Å². The van der Waals surface area contributed by atoms with Gasteiger partial charge in [-0.25, -0.2) is 0 Å². The number of rotatable bonds is 5. The monoisotopic (exact) mass is 436 g/mol. The van der Waals surface area contributed by atoms with Crippen LogP contribution in [0.15, 0.2) is 23.0 Å². The third-order valence-corrected chi connectivity index (χ3v) is 5.38. The second-order valence-electron chi connectivity index (χ2n) is 7.19. The third-order valence-electron chi connectivity index (χ3n) is 5.38. The lowest BCUT2D eigenvalue weighted by atomic mass is 9.92. The molecule has 1 fully saturated rings. The summed E-state index contributed by atoms with van der Waals surface area (Å²) in [6, 6.07) is 7.71. The molecule has 1 aliphatic heterocycles. The molecule has 0 atom stereocenters. The quantitative estimate of drug-likeness (QED) is 0.403. The number of carbonyl (C=O) groups is 1. The van der Waals surface area contributed by atoms with E-state index in [1.807, 2.05) is 11.0 Å². The molecule has 1 aliphatic rings. The molecule has 32 heavy (non-hydrogen) atoms. The highest BCUT2D eigenvalue weighted by atomic mass is 16.6. The SMILES string of the molecule is CCOC(=O)C1CCN(c2ccc([N+](=O)[O-])cc2-c2c(C#N)c(N)[nH]c(=O)c2C#N)CC1. The number of aromatic nitrogens is 1. The second kappa shape index (κ2) is 9.18. The number of aromatic amines is 1. The largest absolute Gasteiger partial charge is 0.466 e. The average molecular weight is 436 g/mol. The Hall–Kier alpha value is -4.38. The number of nitrogens with one attached hydrogen (secondary N) is 1. The molecule has 11 nitrogen and oxygen atoms in total. The number of piperidine rings is 1. The van der Waals surface area contributed by atoms with Crippen LogP contribution in [0.1, 0.15) is 30.9 Å². The summed E-state index contributed by atoms with van der Waals surface area (Å²) in [5, 5.41) is 30.6. The molecule has 1 saturated heterocycles. The first-order valence-corrected chi connectivity index (χ1v) is 9.88. The van der Waals surface area contributed by atoms with E-state index in [0.717, 1.165) is 0 Å². The van der Waals surface area contributed by atoms with E-state index < -0.39 is 10.5 Å². The van der Waals surface area contributed by atoms with Gasteiger partial charge in [0, 0.05) is 42.0 Å². The fourth-order valence-electron chi connectivity index (χ4n) is 3.84. The van der Waals surface area contributed by atoms with Crippen molar-refractivity contribution in [3.8, 4) is 23.3 Å². The number of hydrogen-bond donors (Lipinski definition) is 2. The van der Waals surface area contributed by atoms with Gasteiger partial charge in [-0.1, -0.05) is 0 Å². The molecule has 0 amide bonds. The first-order valence-electron chi connectivity index (χ1n) is 9.88. The lowest BCUT2D eigenvalue weighted by molar-refractivity contribution is -0.384. The highest BCUT2D eigenvalue weighted by Crippen LogP contribution is 2.39. The Labute approximate surface area is 182 Å². The molecular formula is C21H20N6O5. The average Bonchev–Trinajstić information content (AvgIpc) is 2.78. The summed E-state index contributed by atoms with van der Waals surface area (Å²) < 4.78 is 5.09. The van der Waals surface area contributed by atoms with E-state index in [1.165, 1.54) is 18.2 Å². The molecule has 0 radical (unpaired) electrons. The number of nitriles is 2. The molecular weight excluding hydrogens is 416 g/mol. The minimum absolute atomic E-state index is 0.0533. The number of nitrogen functional groups attached to an aromatic ring is 1. The van der Waals surface area contributed by atoms with Gasteiger partial charge in [-0.3, -0.25) is 19.7 Å². The smallest absolute Gasteiger partial charge is 0.309 e. The van der Waals surface area contributed by atoms with Gasteiger partial charge in [-0.2, -0.15) is 10.5 Å². The van der Waals surface area contributed by atoms with Gasteiger partial charge in [0.25, 0.3) is 11.2 Å². The minimum Gasteiger partial charge on any atom is -0.466 e. The number of pyridine rings is 1. The Balaban J connectivity index is 2.15. The summed E-state index contributed by atoms with van der Waals surface area (Å²) in [6.07, 6.45) is 1.01. The van der Waals surface area contributed by atoms with Crippen molar-refractivity contribution in [3.05, 3.63) is 49.8 Å². The van der Waals surface area contributed by atoms with Crippen LogP contribution in [0.2, 0.25) is 0 Å². The molecule has 11 heteroatoms. The third kappa shape index (κ3) is 4.09. The number of H-pyrrole nitrogens is 1. The number of ether oxygens (including phenoxy) is 1. The van der Waals surface area contributed by atoms with E-state index in [4.69, 9.17) is 10.5 Å². The fourth-order valence-corrected chi connectivity index (χ4v) is 3.84. The normalized spacial score (nSPS) is 13.8. The van der Waals surface area contributed by atoms with E-state index >= 15 is 0 Å². The molecule has 0 unspecified atom stereocenters. The summed E-state index contributed by atoms with van der Waals surface area (Å²) in [5.41, 5.74) is 4.87. The van der Waals surface area contributed by atoms with Crippen molar-refractivity contribution in [2.45, 2.75) is 19.8 Å². The van der Waals surface area contributed by atoms with Crippen LogP contribution < -0.4 is 16.2 Å². The number of non-ortho nitro benzene ring substituents is 1. The van der Waals surface area contributed by atoms with E-state index in [0.29, 0.717) is 38.2 Å². The maximum Gasteiger partial charge on any atom is 0.309 e. The lowest BCUT2D eigenvalue weighted by Gasteiger charge is -2.34. The Morgan fingerprint density at radius 3 is 2.53 bits per heavy atom. The molecule has 3 rings (SSSR count). The van der Waals surface area contributed by atoms with Crippen molar-refractivity contribution in [2.75, 3.05) is 30.3 Å². The van der Waals surface area contributed by atoms with E-state index in [1.54, 1.807) is 13.0 Å². The van der Waals surface area contributed by atoms with Crippen LogP contribution in [-0.4, -0.2) is 35.6 Å². The number of carbonyl (C=O) groups excluding carboxylic acids is 1. The number of hydrogen-bond acceptors (Lipinski definition) is 9. The van der Waals surface area contributed by atoms with Crippen LogP contribution in [-0.2, 0) is 9.53 Å². The summed E-state index contributed by atoms with van der Waals surface area (Å²) in [4.78, 5) is 39.4. The van der Waals surface area contributed by atoms with Crippen molar-refractivity contribution < 1.29 is 14.5 Å². The molecule has 3 N–H and O–H groups in total. The van der Waals surface area contributed by atoms with Crippen LogP contribution in [0.5, 0.6) is 0 Å². The van der Waals surface area contributed by atoms with Crippen LogP contribution >= 0.6 is 0 Å². The number of nitro benzene ring substituents is 1. The Bertz CT molecular complexity index is 1210. The first-order chi connectivity index (χ1) is 15.3. The molecule has 1 aromatic heterocycles. The Morgan fingerprint density at radius 1 is 1.31 bits per heavy atom. The van der Waals surface area contributed by atoms with Gasteiger partial charge in [0.05, 0.1) is 17.4 Å². The number of esters is 1. The molecule has 0 bridgehead atoms. The predicted octanol–water partition coefficient (Wildman–Crippen LogP) is 2.06. The van der Waals surface area contributed by atoms with Crippen LogP contribution in [0.25, 0.3) is 11.1 Å². The topological polar surface area (TPSA) is 179 Å². The van der Waals surface area contributed by atoms with Crippen molar-refractivity contribution in [1.82, 2.24) is 4.98 Å². The summed E-state index contributed by atoms with van der Waals surface area (Å²) in [5.74, 6) is -0.755. The molecule has 0 aliphatic carbocycles. The van der Waals surface area contributed by atoms with Crippen LogP contribution in [0, 0.1) is 38.7 Å². The highest BCUT2D eigenvalue weighted by Gasteiger charge is 2.29. The number of nitrogens with zero attached hydrogens (tertiary/aromatic N) is 4. The van der Waals surface area contributed by atoms with Crippen LogP contribution in [0.3, 0.4) is 0 Å². The zero-order valence-electron chi connectivity index (χ0n) is 17.3. The van der Waals surface area contributed by atoms with Crippen molar-refractivity contribution in [1.29, 1.82) is 10.5 Å². The zero-order valence-corrected chi connectivity index (χ0v) is 17.3. The van der Waals surface area contributed by atoms with Gasteiger partial charge < -0.3 is 20.4 Å². The van der Waals surface area contributed by atoms with Crippen molar-refractivity contribution >= 4 is 23.2 Å².